The van der Waals surface area contributed by atoms with Gasteiger partial charge < -0.3 is 10.6 Å². The third kappa shape index (κ3) is 2.45. The second-order valence-corrected chi connectivity index (χ2v) is 4.67. The van der Waals surface area contributed by atoms with E-state index in [1.54, 1.807) is 0 Å². The number of hydrogen-bond acceptors (Lipinski definition) is 2. The Hall–Kier alpha value is -1.06. The second-order valence-electron chi connectivity index (χ2n) is 4.67. The Labute approximate surface area is 107 Å². The van der Waals surface area contributed by atoms with E-state index in [0.717, 1.165) is 18.8 Å². The van der Waals surface area contributed by atoms with Crippen molar-refractivity contribution in [1.82, 2.24) is 5.32 Å². The molecule has 0 atom stereocenters. The number of nitrogens with one attached hydrogen (secondary N) is 2. The van der Waals surface area contributed by atoms with Crippen LogP contribution in [0.1, 0.15) is 29.9 Å². The highest BCUT2D eigenvalue weighted by molar-refractivity contribution is 5.99. The first-order valence-electron chi connectivity index (χ1n) is 5.96. The van der Waals surface area contributed by atoms with Crippen LogP contribution >= 0.6 is 12.4 Å². The molecule has 1 aromatic carbocycles. The number of fused-ring (bicyclic) bond motifs is 1. The number of piperidine rings is 1. The Morgan fingerprint density at radius 2 is 1.94 bits per heavy atom. The lowest BCUT2D eigenvalue weighted by Gasteiger charge is -2.23. The van der Waals surface area contributed by atoms with Crippen molar-refractivity contribution in [3.63, 3.8) is 0 Å². The molecule has 2 aliphatic rings. The molecule has 3 nitrogen and oxygen atoms in total. The highest BCUT2D eigenvalue weighted by Gasteiger charge is 2.20. The highest BCUT2D eigenvalue weighted by Crippen LogP contribution is 2.30. The van der Waals surface area contributed by atoms with Gasteiger partial charge in [-0.15, -0.1) is 12.4 Å². The predicted molar refractivity (Wildman–Crippen MR) is 70.9 cm³/mol. The van der Waals surface area contributed by atoms with E-state index >= 15 is 0 Å². The maximum Gasteiger partial charge on any atom is 0.228 e. The lowest BCUT2D eigenvalue weighted by Crippen LogP contribution is -2.26. The van der Waals surface area contributed by atoms with Crippen molar-refractivity contribution in [2.75, 3.05) is 18.4 Å². The van der Waals surface area contributed by atoms with Gasteiger partial charge in [0.2, 0.25) is 5.91 Å². The molecule has 0 aromatic heterocycles. The van der Waals surface area contributed by atoms with Crippen molar-refractivity contribution in [2.45, 2.75) is 25.2 Å². The van der Waals surface area contributed by atoms with E-state index in [-0.39, 0.29) is 18.3 Å². The van der Waals surface area contributed by atoms with Crippen LogP contribution in [-0.2, 0) is 11.2 Å². The van der Waals surface area contributed by atoms with Crippen LogP contribution in [0.2, 0.25) is 0 Å². The van der Waals surface area contributed by atoms with Gasteiger partial charge in [0.25, 0.3) is 0 Å². The van der Waals surface area contributed by atoms with Crippen LogP contribution in [0.5, 0.6) is 0 Å². The topological polar surface area (TPSA) is 41.1 Å². The van der Waals surface area contributed by atoms with Gasteiger partial charge in [-0.1, -0.05) is 12.1 Å². The summed E-state index contributed by atoms with van der Waals surface area (Å²) in [5.41, 5.74) is 3.57. The number of carbonyl (C=O) groups is 1. The van der Waals surface area contributed by atoms with Crippen LogP contribution < -0.4 is 10.6 Å². The Bertz CT molecular complexity index is 427. The van der Waals surface area contributed by atoms with E-state index in [1.165, 1.54) is 24.0 Å². The van der Waals surface area contributed by atoms with Crippen LogP contribution in [0, 0.1) is 0 Å². The molecule has 4 heteroatoms. The van der Waals surface area contributed by atoms with Crippen molar-refractivity contribution >= 4 is 24.0 Å². The van der Waals surface area contributed by atoms with Gasteiger partial charge in [-0.25, -0.2) is 0 Å². The van der Waals surface area contributed by atoms with Gasteiger partial charge in [-0.2, -0.15) is 0 Å². The summed E-state index contributed by atoms with van der Waals surface area (Å²) in [4.78, 5) is 11.3. The van der Waals surface area contributed by atoms with Crippen molar-refractivity contribution in [2.24, 2.45) is 0 Å². The van der Waals surface area contributed by atoms with E-state index in [1.807, 2.05) is 0 Å². The van der Waals surface area contributed by atoms with E-state index in [9.17, 15) is 4.79 Å². The number of amides is 1. The number of carbonyl (C=O) groups excluding carboxylic acids is 1. The Kier molecular flexibility index (Phi) is 3.69. The molecule has 1 amide bonds. The summed E-state index contributed by atoms with van der Waals surface area (Å²) in [5, 5.41) is 6.25. The van der Waals surface area contributed by atoms with Crippen molar-refractivity contribution < 1.29 is 4.79 Å². The summed E-state index contributed by atoms with van der Waals surface area (Å²) in [7, 11) is 0. The van der Waals surface area contributed by atoms with Crippen LogP contribution in [-0.4, -0.2) is 19.0 Å². The van der Waals surface area contributed by atoms with Crippen LogP contribution in [0.25, 0.3) is 0 Å². The van der Waals surface area contributed by atoms with Crippen LogP contribution in [0.4, 0.5) is 5.69 Å². The highest BCUT2D eigenvalue weighted by atomic mass is 35.5. The number of halogens is 1. The molecule has 0 saturated carbocycles. The average molecular weight is 253 g/mol. The molecule has 1 saturated heterocycles. The number of anilines is 1. The third-order valence-electron chi connectivity index (χ3n) is 3.56. The summed E-state index contributed by atoms with van der Waals surface area (Å²) in [6, 6.07) is 6.43. The lowest BCUT2D eigenvalue weighted by molar-refractivity contribution is -0.115. The lowest BCUT2D eigenvalue weighted by atomic mass is 9.89. The molecule has 3 rings (SSSR count). The normalized spacial score (nSPS) is 19.4. The van der Waals surface area contributed by atoms with E-state index in [4.69, 9.17) is 0 Å². The summed E-state index contributed by atoms with van der Waals surface area (Å²) < 4.78 is 0. The average Bonchev–Trinajstić information content (AvgIpc) is 2.69. The molecule has 92 valence electrons. The minimum atomic E-state index is 0. The summed E-state index contributed by atoms with van der Waals surface area (Å²) in [6.45, 7) is 2.22. The number of benzene rings is 1. The molecule has 0 radical (unpaired) electrons. The van der Waals surface area contributed by atoms with Crippen molar-refractivity contribution in [3.8, 4) is 0 Å². The zero-order valence-electron chi connectivity index (χ0n) is 9.66. The van der Waals surface area contributed by atoms with E-state index in [0.29, 0.717) is 12.3 Å². The molecule has 0 bridgehead atoms. The summed E-state index contributed by atoms with van der Waals surface area (Å²) in [5.74, 6) is 0.791. The van der Waals surface area contributed by atoms with Gasteiger partial charge in [0, 0.05) is 5.69 Å². The molecule has 17 heavy (non-hydrogen) atoms. The molecule has 1 fully saturated rings. The van der Waals surface area contributed by atoms with Gasteiger partial charge in [0.1, 0.15) is 0 Å². The fourth-order valence-electron chi connectivity index (χ4n) is 2.66. The Balaban J connectivity index is 0.00000108. The van der Waals surface area contributed by atoms with Crippen molar-refractivity contribution in [1.29, 1.82) is 0 Å². The van der Waals surface area contributed by atoms with Crippen molar-refractivity contribution in [3.05, 3.63) is 29.3 Å². The maximum absolute atomic E-state index is 11.3. The van der Waals surface area contributed by atoms with Gasteiger partial charge in [0.15, 0.2) is 0 Å². The third-order valence-corrected chi connectivity index (χ3v) is 3.56. The number of hydrogen-bond donors (Lipinski definition) is 2. The standard InChI is InChI=1S/C13H16N2O.ClH/c16-13-8-11-7-10(1-2-12(11)15-13)9-3-5-14-6-4-9;/h1-2,7,9,14H,3-6,8H2,(H,15,16);1H. The fourth-order valence-corrected chi connectivity index (χ4v) is 2.66. The molecule has 0 unspecified atom stereocenters. The summed E-state index contributed by atoms with van der Waals surface area (Å²) >= 11 is 0. The number of rotatable bonds is 1. The SMILES string of the molecule is Cl.O=C1Cc2cc(C3CCNCC3)ccc2N1. The van der Waals surface area contributed by atoms with Crippen LogP contribution in [0.15, 0.2) is 18.2 Å². The zero-order valence-corrected chi connectivity index (χ0v) is 10.5. The maximum atomic E-state index is 11.3. The monoisotopic (exact) mass is 252 g/mol. The van der Waals surface area contributed by atoms with Gasteiger partial charge in [0.05, 0.1) is 6.42 Å². The largest absolute Gasteiger partial charge is 0.326 e. The minimum absolute atomic E-state index is 0. The molecule has 0 aliphatic carbocycles. The van der Waals surface area contributed by atoms with Crippen LogP contribution in [0.3, 0.4) is 0 Å². The van der Waals surface area contributed by atoms with Gasteiger partial charge in [-0.05, 0) is 49.0 Å². The van der Waals surface area contributed by atoms with E-state index in [2.05, 4.69) is 28.8 Å². The predicted octanol–water partition coefficient (Wildman–Crippen LogP) is 2.07. The first-order chi connectivity index (χ1) is 7.83. The smallest absolute Gasteiger partial charge is 0.228 e. The quantitative estimate of drug-likeness (QED) is 0.804. The molecule has 2 aliphatic heterocycles. The van der Waals surface area contributed by atoms with Gasteiger partial charge >= 0.3 is 0 Å². The molecular weight excluding hydrogens is 236 g/mol. The zero-order chi connectivity index (χ0) is 11.0. The fraction of sp³-hybridized carbons (Fsp3) is 0.462. The molecule has 1 aromatic rings. The molecule has 2 heterocycles. The summed E-state index contributed by atoms with van der Waals surface area (Å²) in [6.07, 6.45) is 2.97. The van der Waals surface area contributed by atoms with Gasteiger partial charge in [-0.3, -0.25) is 4.79 Å². The second kappa shape index (κ2) is 5.07. The Morgan fingerprint density at radius 3 is 2.71 bits per heavy atom. The Morgan fingerprint density at radius 1 is 1.18 bits per heavy atom. The first kappa shape index (κ1) is 12.4. The molecular formula is C13H17ClN2O. The molecule has 0 spiro atoms. The molecule has 2 N–H and O–H groups in total. The minimum Gasteiger partial charge on any atom is -0.326 e. The first-order valence-corrected chi connectivity index (χ1v) is 5.96. The van der Waals surface area contributed by atoms with E-state index < -0.39 is 0 Å².